The molecule has 0 N–H and O–H groups in total. The molecule has 0 radical (unpaired) electrons. The van der Waals surface area contributed by atoms with Crippen LogP contribution in [0.25, 0.3) is 0 Å². The van der Waals surface area contributed by atoms with Gasteiger partial charge in [-0.25, -0.2) is 9.18 Å². The van der Waals surface area contributed by atoms with E-state index in [0.29, 0.717) is 0 Å². The van der Waals surface area contributed by atoms with E-state index in [9.17, 15) is 17.6 Å². The van der Waals surface area contributed by atoms with Crippen LogP contribution in [0.2, 0.25) is 0 Å². The van der Waals surface area contributed by atoms with E-state index in [1.807, 2.05) is 0 Å². The highest BCUT2D eigenvalue weighted by atomic mass is 32.2. The monoisotopic (exact) mass is 283 g/mol. The number of hydrogen-bond acceptors (Lipinski definition) is 5. The second-order valence-corrected chi connectivity index (χ2v) is 6.84. The molecule has 6 nitrogen and oxygen atoms in total. The Morgan fingerprint density at radius 3 is 2.33 bits per heavy atom. The van der Waals surface area contributed by atoms with Gasteiger partial charge in [-0.05, 0) is 20.8 Å². The number of alkyl halides is 1. The van der Waals surface area contributed by atoms with Gasteiger partial charge in [0.15, 0.2) is 0 Å². The largest absolute Gasteiger partial charge is 0.444 e. The molecule has 1 amide bonds. The zero-order valence-electron chi connectivity index (χ0n) is 10.8. The number of carbonyl (C=O) groups excluding carboxylic acids is 1. The minimum atomic E-state index is -3.74. The summed E-state index contributed by atoms with van der Waals surface area (Å²) in [6, 6.07) is 0. The molecule has 0 unspecified atom stereocenters. The minimum absolute atomic E-state index is 0.136. The van der Waals surface area contributed by atoms with E-state index in [1.165, 1.54) is 0 Å². The van der Waals surface area contributed by atoms with Crippen molar-refractivity contribution in [2.75, 3.05) is 19.3 Å². The number of hydrogen-bond donors (Lipinski definition) is 0. The molecule has 0 saturated carbocycles. The molecule has 0 aromatic rings. The van der Waals surface area contributed by atoms with Gasteiger partial charge in [-0.2, -0.15) is 8.42 Å². The molecule has 0 spiro atoms. The number of ether oxygens (including phenoxy) is 1. The first kappa shape index (κ1) is 15.2. The number of likely N-dealkylation sites (tertiary alicyclic amines) is 1. The average molecular weight is 283 g/mol. The van der Waals surface area contributed by atoms with Crippen LogP contribution in [0.1, 0.15) is 20.8 Å². The highest BCUT2D eigenvalue weighted by molar-refractivity contribution is 7.86. The topological polar surface area (TPSA) is 72.9 Å². The average Bonchev–Trinajstić information content (AvgIpc) is 2.42. The van der Waals surface area contributed by atoms with E-state index < -0.39 is 34.1 Å². The minimum Gasteiger partial charge on any atom is -0.444 e. The molecule has 2 atom stereocenters. The van der Waals surface area contributed by atoms with Crippen molar-refractivity contribution >= 4 is 16.2 Å². The van der Waals surface area contributed by atoms with Crippen molar-refractivity contribution in [2.24, 2.45) is 0 Å². The summed E-state index contributed by atoms with van der Waals surface area (Å²) in [5.74, 6) is 0. The Morgan fingerprint density at radius 2 is 1.89 bits per heavy atom. The van der Waals surface area contributed by atoms with E-state index in [1.54, 1.807) is 20.8 Å². The van der Waals surface area contributed by atoms with Gasteiger partial charge in [-0.3, -0.25) is 4.18 Å². The fourth-order valence-corrected chi connectivity index (χ4v) is 2.16. The van der Waals surface area contributed by atoms with Crippen molar-refractivity contribution in [2.45, 2.75) is 38.6 Å². The Bertz CT molecular complexity index is 416. The molecule has 1 saturated heterocycles. The molecule has 1 rings (SSSR count). The quantitative estimate of drug-likeness (QED) is 0.705. The molecule has 8 heteroatoms. The molecular formula is C10H18FNO5S. The number of rotatable bonds is 2. The highest BCUT2D eigenvalue weighted by Crippen LogP contribution is 2.20. The predicted octanol–water partition coefficient (Wildman–Crippen LogP) is 0.920. The third-order valence-corrected chi connectivity index (χ3v) is 2.75. The van der Waals surface area contributed by atoms with Gasteiger partial charge in [0.25, 0.3) is 10.1 Å². The third-order valence-electron chi connectivity index (χ3n) is 2.15. The van der Waals surface area contributed by atoms with E-state index in [2.05, 4.69) is 4.18 Å². The maximum absolute atomic E-state index is 13.5. The van der Waals surface area contributed by atoms with Gasteiger partial charge in [0.05, 0.1) is 19.3 Å². The van der Waals surface area contributed by atoms with Crippen LogP contribution in [0.3, 0.4) is 0 Å². The summed E-state index contributed by atoms with van der Waals surface area (Å²) < 4.78 is 45.0. The molecular weight excluding hydrogens is 265 g/mol. The number of nitrogens with zero attached hydrogens (tertiary/aromatic N) is 1. The van der Waals surface area contributed by atoms with Gasteiger partial charge < -0.3 is 9.64 Å². The van der Waals surface area contributed by atoms with Crippen molar-refractivity contribution in [3.8, 4) is 0 Å². The first-order valence-electron chi connectivity index (χ1n) is 5.48. The van der Waals surface area contributed by atoms with Gasteiger partial charge >= 0.3 is 6.09 Å². The molecule has 0 aromatic heterocycles. The number of halogens is 1. The van der Waals surface area contributed by atoms with Crippen LogP contribution in [0.15, 0.2) is 0 Å². The Morgan fingerprint density at radius 1 is 1.33 bits per heavy atom. The Labute approximate surface area is 106 Å². The van der Waals surface area contributed by atoms with Crippen molar-refractivity contribution in [1.82, 2.24) is 4.90 Å². The summed E-state index contributed by atoms with van der Waals surface area (Å²) >= 11 is 0. The standard InChI is InChI=1S/C10H18FNO5S/c1-10(2,3)16-9(13)12-5-7(11)8(6-12)17-18(4,14)15/h7-8H,5-6H2,1-4H3/t7-,8-/m1/s1. The zero-order chi connectivity index (χ0) is 14.1. The molecule has 0 bridgehead atoms. The lowest BCUT2D eigenvalue weighted by Crippen LogP contribution is -2.36. The van der Waals surface area contributed by atoms with Crippen molar-refractivity contribution in [3.63, 3.8) is 0 Å². The molecule has 106 valence electrons. The van der Waals surface area contributed by atoms with Crippen molar-refractivity contribution < 1.29 is 26.5 Å². The smallest absolute Gasteiger partial charge is 0.410 e. The zero-order valence-corrected chi connectivity index (χ0v) is 11.7. The van der Waals surface area contributed by atoms with Crippen LogP contribution in [0.4, 0.5) is 9.18 Å². The Kier molecular flexibility index (Phi) is 4.22. The molecule has 1 aliphatic rings. The van der Waals surface area contributed by atoms with Crippen LogP contribution in [-0.2, 0) is 19.0 Å². The number of carbonyl (C=O) groups is 1. The van der Waals surface area contributed by atoms with Crippen molar-refractivity contribution in [1.29, 1.82) is 0 Å². The molecule has 18 heavy (non-hydrogen) atoms. The molecule has 1 fully saturated rings. The SMILES string of the molecule is CC(C)(C)OC(=O)N1C[C@@H](F)[C@H](OS(C)(=O)=O)C1. The van der Waals surface area contributed by atoms with Crippen LogP contribution >= 0.6 is 0 Å². The summed E-state index contributed by atoms with van der Waals surface area (Å²) in [5.41, 5.74) is -0.682. The van der Waals surface area contributed by atoms with E-state index in [0.717, 1.165) is 11.2 Å². The lowest BCUT2D eigenvalue weighted by molar-refractivity contribution is 0.0274. The van der Waals surface area contributed by atoms with Crippen LogP contribution in [-0.4, -0.2) is 56.6 Å². The van der Waals surface area contributed by atoms with Gasteiger partial charge in [-0.1, -0.05) is 0 Å². The molecule has 0 aromatic carbocycles. The summed E-state index contributed by atoms with van der Waals surface area (Å²) in [6.07, 6.45) is -2.53. The number of amides is 1. The lowest BCUT2D eigenvalue weighted by Gasteiger charge is -2.24. The Balaban J connectivity index is 2.61. The first-order chi connectivity index (χ1) is 7.98. The van der Waals surface area contributed by atoms with Gasteiger partial charge in [0, 0.05) is 0 Å². The lowest BCUT2D eigenvalue weighted by atomic mass is 10.2. The highest BCUT2D eigenvalue weighted by Gasteiger charge is 2.39. The third kappa shape index (κ3) is 4.77. The van der Waals surface area contributed by atoms with Gasteiger partial charge in [0.1, 0.15) is 17.9 Å². The molecule has 1 heterocycles. The van der Waals surface area contributed by atoms with E-state index in [-0.39, 0.29) is 13.1 Å². The Hall–Kier alpha value is -0.890. The van der Waals surface area contributed by atoms with Gasteiger partial charge in [0.2, 0.25) is 0 Å². The molecule has 1 aliphatic heterocycles. The van der Waals surface area contributed by atoms with Crippen LogP contribution in [0, 0.1) is 0 Å². The summed E-state index contributed by atoms with van der Waals surface area (Å²) in [5, 5.41) is 0. The summed E-state index contributed by atoms with van der Waals surface area (Å²) in [7, 11) is -3.74. The summed E-state index contributed by atoms with van der Waals surface area (Å²) in [6.45, 7) is 4.72. The normalized spacial score (nSPS) is 25.3. The van der Waals surface area contributed by atoms with Crippen LogP contribution in [0.5, 0.6) is 0 Å². The van der Waals surface area contributed by atoms with Crippen molar-refractivity contribution in [3.05, 3.63) is 0 Å². The first-order valence-corrected chi connectivity index (χ1v) is 7.30. The maximum atomic E-state index is 13.5. The summed E-state index contributed by atoms with van der Waals surface area (Å²) in [4.78, 5) is 12.8. The second kappa shape index (κ2) is 5.00. The van der Waals surface area contributed by atoms with Gasteiger partial charge in [-0.15, -0.1) is 0 Å². The van der Waals surface area contributed by atoms with E-state index in [4.69, 9.17) is 4.74 Å². The molecule has 0 aliphatic carbocycles. The predicted molar refractivity (Wildman–Crippen MR) is 62.4 cm³/mol. The fraction of sp³-hybridized carbons (Fsp3) is 0.900. The second-order valence-electron chi connectivity index (χ2n) is 5.24. The maximum Gasteiger partial charge on any atom is 0.410 e. The fourth-order valence-electron chi connectivity index (χ4n) is 1.53. The van der Waals surface area contributed by atoms with E-state index >= 15 is 0 Å². The van der Waals surface area contributed by atoms with Crippen LogP contribution < -0.4 is 0 Å².